The summed E-state index contributed by atoms with van der Waals surface area (Å²) in [6.07, 6.45) is 2.14. The van der Waals surface area contributed by atoms with E-state index in [0.29, 0.717) is 31.9 Å². The molecule has 0 fully saturated rings. The van der Waals surface area contributed by atoms with E-state index >= 15 is 0 Å². The van der Waals surface area contributed by atoms with E-state index in [2.05, 4.69) is 41.3 Å². The van der Waals surface area contributed by atoms with Crippen molar-refractivity contribution >= 4 is 6.08 Å². The lowest BCUT2D eigenvalue weighted by molar-refractivity contribution is 0.230. The summed E-state index contributed by atoms with van der Waals surface area (Å²) in [5.74, 6) is 2.23. The Morgan fingerprint density at radius 1 is 0.923 bits per heavy atom. The number of allylic oxidation sites excluding steroid dienone is 1. The fourth-order valence-electron chi connectivity index (χ4n) is 5.23. The van der Waals surface area contributed by atoms with E-state index < -0.39 is 0 Å². The number of ether oxygens (including phenoxy) is 3. The molecule has 1 unspecified atom stereocenters. The molecule has 0 amide bonds. The lowest BCUT2D eigenvalue weighted by Gasteiger charge is -2.38. The Balaban J connectivity index is 1.58. The Bertz CT molecular complexity index is 1430. The standard InChI is InChI=1S/C33H33N3O3/c1-3-37-27-14-10-23(11-15-27)18-26-21-36(20-24-8-6-5-7-9-24)22-30-31(29(19-34)33(35)39-32(26)30)25-12-16-28(17-13-25)38-4-2/h5-18,31H,3-4,20-22,35H2,1-2H3/b26-18+. The van der Waals surface area contributed by atoms with E-state index in [1.165, 1.54) is 5.56 Å². The molecule has 0 radical (unpaired) electrons. The van der Waals surface area contributed by atoms with Crippen molar-refractivity contribution in [2.75, 3.05) is 26.3 Å². The lowest BCUT2D eigenvalue weighted by Crippen LogP contribution is -2.37. The molecule has 2 aliphatic heterocycles. The Hall–Kier alpha value is -4.47. The van der Waals surface area contributed by atoms with Crippen LogP contribution in [0.2, 0.25) is 0 Å². The van der Waals surface area contributed by atoms with E-state index in [-0.39, 0.29) is 11.8 Å². The van der Waals surface area contributed by atoms with Crippen molar-refractivity contribution in [1.29, 1.82) is 5.26 Å². The van der Waals surface area contributed by atoms with Gasteiger partial charge in [-0.1, -0.05) is 54.6 Å². The van der Waals surface area contributed by atoms with Crippen LogP contribution in [-0.4, -0.2) is 31.2 Å². The third-order valence-corrected chi connectivity index (χ3v) is 6.91. The van der Waals surface area contributed by atoms with Crippen molar-refractivity contribution in [3.8, 4) is 17.6 Å². The van der Waals surface area contributed by atoms with Gasteiger partial charge in [0, 0.05) is 25.2 Å². The number of hydrogen-bond acceptors (Lipinski definition) is 6. The summed E-state index contributed by atoms with van der Waals surface area (Å²) in [5, 5.41) is 10.1. The zero-order valence-corrected chi connectivity index (χ0v) is 22.4. The van der Waals surface area contributed by atoms with Crippen molar-refractivity contribution in [3.05, 3.63) is 124 Å². The number of hydrogen-bond donors (Lipinski definition) is 1. The molecule has 6 heteroatoms. The maximum Gasteiger partial charge on any atom is 0.205 e. The first-order chi connectivity index (χ1) is 19.1. The second-order valence-electron chi connectivity index (χ2n) is 9.58. The highest BCUT2D eigenvalue weighted by Crippen LogP contribution is 2.44. The molecule has 2 heterocycles. The van der Waals surface area contributed by atoms with Gasteiger partial charge in [-0.2, -0.15) is 5.26 Å². The molecule has 0 spiro atoms. The van der Waals surface area contributed by atoms with Crippen LogP contribution in [0.1, 0.15) is 36.5 Å². The summed E-state index contributed by atoms with van der Waals surface area (Å²) in [6, 6.07) is 28.7. The highest BCUT2D eigenvalue weighted by molar-refractivity contribution is 5.63. The molecule has 0 bridgehead atoms. The molecule has 0 aliphatic carbocycles. The topological polar surface area (TPSA) is 80.7 Å². The van der Waals surface area contributed by atoms with Gasteiger partial charge in [0.05, 0.1) is 19.1 Å². The average Bonchev–Trinajstić information content (AvgIpc) is 2.95. The Morgan fingerprint density at radius 2 is 1.56 bits per heavy atom. The molecule has 198 valence electrons. The molecule has 2 aliphatic rings. The van der Waals surface area contributed by atoms with E-state index in [1.54, 1.807) is 0 Å². The Morgan fingerprint density at radius 3 is 2.18 bits per heavy atom. The van der Waals surface area contributed by atoms with Crippen LogP contribution in [0.5, 0.6) is 11.5 Å². The first-order valence-electron chi connectivity index (χ1n) is 13.3. The maximum absolute atomic E-state index is 10.1. The van der Waals surface area contributed by atoms with Gasteiger partial charge in [0.1, 0.15) is 28.9 Å². The molecule has 3 aromatic rings. The molecule has 3 aromatic carbocycles. The maximum atomic E-state index is 10.1. The Kier molecular flexibility index (Phi) is 8.00. The van der Waals surface area contributed by atoms with Crippen LogP contribution >= 0.6 is 0 Å². The molecule has 0 saturated carbocycles. The predicted octanol–water partition coefficient (Wildman–Crippen LogP) is 6.15. The average molecular weight is 520 g/mol. The van der Waals surface area contributed by atoms with Gasteiger partial charge in [0.25, 0.3) is 0 Å². The van der Waals surface area contributed by atoms with Crippen LogP contribution in [-0.2, 0) is 11.3 Å². The SMILES string of the molecule is CCOc1ccc(/C=C2\CN(Cc3ccccc3)CC3=C2OC(N)=C(C#N)C3c2ccc(OCC)cc2)cc1. The predicted molar refractivity (Wildman–Crippen MR) is 153 cm³/mol. The third-order valence-electron chi connectivity index (χ3n) is 6.91. The molecule has 2 N–H and O–H groups in total. The van der Waals surface area contributed by atoms with Gasteiger partial charge < -0.3 is 19.9 Å². The van der Waals surface area contributed by atoms with Gasteiger partial charge >= 0.3 is 0 Å². The second-order valence-corrected chi connectivity index (χ2v) is 9.58. The minimum Gasteiger partial charge on any atom is -0.494 e. The smallest absolute Gasteiger partial charge is 0.205 e. The molecule has 5 rings (SSSR count). The molecule has 6 nitrogen and oxygen atoms in total. The van der Waals surface area contributed by atoms with Crippen molar-refractivity contribution in [1.82, 2.24) is 4.90 Å². The zero-order chi connectivity index (χ0) is 27.2. The Labute approximate surface area is 230 Å². The normalized spacial score (nSPS) is 18.4. The van der Waals surface area contributed by atoms with E-state index in [9.17, 15) is 5.26 Å². The third kappa shape index (κ3) is 5.84. The number of benzene rings is 3. The van der Waals surface area contributed by atoms with Crippen LogP contribution in [0, 0.1) is 11.3 Å². The number of nitrogens with zero attached hydrogens (tertiary/aromatic N) is 2. The minimum absolute atomic E-state index is 0.157. The van der Waals surface area contributed by atoms with E-state index in [1.807, 2.05) is 68.4 Å². The second kappa shape index (κ2) is 11.9. The summed E-state index contributed by atoms with van der Waals surface area (Å²) in [6.45, 7) is 7.27. The number of nitriles is 1. The van der Waals surface area contributed by atoms with Gasteiger partial charge in [-0.3, -0.25) is 4.90 Å². The van der Waals surface area contributed by atoms with Crippen molar-refractivity contribution < 1.29 is 14.2 Å². The molecule has 1 atom stereocenters. The van der Waals surface area contributed by atoms with E-state index in [4.69, 9.17) is 19.9 Å². The van der Waals surface area contributed by atoms with Crippen molar-refractivity contribution in [2.45, 2.75) is 26.3 Å². The van der Waals surface area contributed by atoms with Crippen LogP contribution < -0.4 is 15.2 Å². The first-order valence-corrected chi connectivity index (χ1v) is 13.3. The zero-order valence-electron chi connectivity index (χ0n) is 22.4. The van der Waals surface area contributed by atoms with Crippen molar-refractivity contribution in [3.63, 3.8) is 0 Å². The summed E-state index contributed by atoms with van der Waals surface area (Å²) in [4.78, 5) is 2.38. The fraction of sp³-hybridized carbons (Fsp3) is 0.242. The molecular formula is C33H33N3O3. The summed E-state index contributed by atoms with van der Waals surface area (Å²) in [7, 11) is 0. The first kappa shape index (κ1) is 26.1. The number of rotatable bonds is 8. The molecule has 0 saturated heterocycles. The van der Waals surface area contributed by atoms with Crippen LogP contribution in [0.3, 0.4) is 0 Å². The van der Waals surface area contributed by atoms with Crippen LogP contribution in [0.25, 0.3) is 6.08 Å². The van der Waals surface area contributed by atoms with Gasteiger partial charge in [-0.15, -0.1) is 0 Å². The fourth-order valence-corrected chi connectivity index (χ4v) is 5.23. The summed E-state index contributed by atoms with van der Waals surface area (Å²) >= 11 is 0. The molecule has 39 heavy (non-hydrogen) atoms. The summed E-state index contributed by atoms with van der Waals surface area (Å²) < 4.78 is 17.5. The highest BCUT2D eigenvalue weighted by atomic mass is 16.5. The summed E-state index contributed by atoms with van der Waals surface area (Å²) in [5.41, 5.74) is 12.1. The van der Waals surface area contributed by atoms with Crippen molar-refractivity contribution in [2.24, 2.45) is 5.73 Å². The van der Waals surface area contributed by atoms with Gasteiger partial charge in [-0.25, -0.2) is 0 Å². The lowest BCUT2D eigenvalue weighted by atomic mass is 9.80. The quantitative estimate of drug-likeness (QED) is 0.385. The molecular weight excluding hydrogens is 486 g/mol. The number of nitrogens with two attached hydrogens (primary N) is 1. The highest BCUT2D eigenvalue weighted by Gasteiger charge is 2.37. The monoisotopic (exact) mass is 519 g/mol. The minimum atomic E-state index is -0.309. The largest absolute Gasteiger partial charge is 0.494 e. The van der Waals surface area contributed by atoms with Crippen LogP contribution in [0.4, 0.5) is 0 Å². The van der Waals surface area contributed by atoms with Crippen LogP contribution in [0.15, 0.2) is 107 Å². The van der Waals surface area contributed by atoms with Gasteiger partial charge in [0.2, 0.25) is 5.88 Å². The molecule has 0 aromatic heterocycles. The van der Waals surface area contributed by atoms with E-state index in [0.717, 1.165) is 46.1 Å². The van der Waals surface area contributed by atoms with Gasteiger partial charge in [-0.05, 0) is 66.5 Å². The van der Waals surface area contributed by atoms with Gasteiger partial charge in [0.15, 0.2) is 0 Å².